The Labute approximate surface area is 172 Å². The second kappa shape index (κ2) is 9.58. The molecule has 0 bridgehead atoms. The van der Waals surface area contributed by atoms with Gasteiger partial charge >= 0.3 is 0 Å². The van der Waals surface area contributed by atoms with Gasteiger partial charge < -0.3 is 5.32 Å². The maximum Gasteiger partial charge on any atom is 0.241 e. The van der Waals surface area contributed by atoms with Crippen molar-refractivity contribution < 1.29 is 18.0 Å². The van der Waals surface area contributed by atoms with Crippen molar-refractivity contribution in [3.05, 3.63) is 71.7 Å². The van der Waals surface area contributed by atoms with Gasteiger partial charge in [0.2, 0.25) is 5.91 Å². The van der Waals surface area contributed by atoms with E-state index in [9.17, 15) is 18.0 Å². The van der Waals surface area contributed by atoms with Crippen LogP contribution in [-0.2, 0) is 11.2 Å². The number of hydrogen-bond acceptors (Lipinski definition) is 3. The highest BCUT2D eigenvalue weighted by molar-refractivity contribution is 5.94. The van der Waals surface area contributed by atoms with Gasteiger partial charge in [-0.15, -0.1) is 0 Å². The Morgan fingerprint density at radius 2 is 1.80 bits per heavy atom. The third-order valence-electron chi connectivity index (χ3n) is 4.96. The minimum absolute atomic E-state index is 0.0487. The van der Waals surface area contributed by atoms with Gasteiger partial charge in [-0.05, 0) is 75.8 Å². The number of anilines is 1. The molecule has 1 unspecified atom stereocenters. The number of aromatic amines is 1. The lowest BCUT2D eigenvalue weighted by molar-refractivity contribution is -0.120. The molecule has 0 radical (unpaired) electrons. The maximum atomic E-state index is 13.7. The minimum atomic E-state index is -0.811. The summed E-state index contributed by atoms with van der Waals surface area (Å²) >= 11 is 0. The molecular formula is C22H23F3N4O. The predicted octanol–water partition coefficient (Wildman–Crippen LogP) is 4.39. The highest BCUT2D eigenvalue weighted by Gasteiger charge is 2.19. The number of hydrogen-bond donors (Lipinski definition) is 2. The van der Waals surface area contributed by atoms with Crippen LogP contribution in [0.2, 0.25) is 0 Å². The van der Waals surface area contributed by atoms with Gasteiger partial charge in [0, 0.05) is 17.3 Å². The van der Waals surface area contributed by atoms with Crippen molar-refractivity contribution in [1.82, 2.24) is 15.1 Å². The number of amides is 1. The summed E-state index contributed by atoms with van der Waals surface area (Å²) in [5.74, 6) is -2.17. The molecule has 0 saturated heterocycles. The zero-order valence-corrected chi connectivity index (χ0v) is 16.8. The topological polar surface area (TPSA) is 61.0 Å². The Hall–Kier alpha value is -3.13. The normalized spacial score (nSPS) is 12.2. The molecule has 1 amide bonds. The standard InChI is InChI=1S/C22H23F3N4O/c1-14(22(30)26-20-10-9-17(24)12-19(20)25)29(2)11-3-4-18-13-21(28-27-18)15-5-7-16(23)8-6-15/h5-10,12-14H,3-4,11H2,1-2H3,(H,26,30)(H,27,28). The molecule has 3 rings (SSSR count). The molecule has 0 aliphatic carbocycles. The largest absolute Gasteiger partial charge is 0.322 e. The molecule has 1 atom stereocenters. The smallest absolute Gasteiger partial charge is 0.241 e. The van der Waals surface area contributed by atoms with E-state index in [1.165, 1.54) is 18.2 Å². The maximum absolute atomic E-state index is 13.7. The van der Waals surface area contributed by atoms with Gasteiger partial charge in [0.1, 0.15) is 17.5 Å². The number of benzene rings is 2. The third kappa shape index (κ3) is 5.48. The van der Waals surface area contributed by atoms with E-state index in [1.54, 1.807) is 19.1 Å². The summed E-state index contributed by atoms with van der Waals surface area (Å²) in [7, 11) is 1.81. The summed E-state index contributed by atoms with van der Waals surface area (Å²) in [6.45, 7) is 2.35. The second-order valence-electron chi connectivity index (χ2n) is 7.16. The van der Waals surface area contributed by atoms with Gasteiger partial charge in [-0.2, -0.15) is 5.10 Å². The van der Waals surface area contributed by atoms with Gasteiger partial charge in [0.25, 0.3) is 0 Å². The van der Waals surface area contributed by atoms with Crippen LogP contribution in [0.1, 0.15) is 19.0 Å². The lowest BCUT2D eigenvalue weighted by Gasteiger charge is -2.23. The molecule has 8 heteroatoms. The first-order chi connectivity index (χ1) is 14.3. The van der Waals surface area contributed by atoms with E-state index in [0.29, 0.717) is 6.54 Å². The summed E-state index contributed by atoms with van der Waals surface area (Å²) in [4.78, 5) is 14.2. The molecule has 0 aliphatic heterocycles. The molecule has 0 spiro atoms. The number of rotatable bonds is 8. The molecule has 0 aliphatic rings. The molecule has 0 saturated carbocycles. The van der Waals surface area contributed by atoms with Crippen LogP contribution in [-0.4, -0.2) is 40.6 Å². The summed E-state index contributed by atoms with van der Waals surface area (Å²) in [6, 6.07) is 10.6. The molecular weight excluding hydrogens is 393 g/mol. The van der Waals surface area contributed by atoms with Gasteiger partial charge in [-0.1, -0.05) is 0 Å². The summed E-state index contributed by atoms with van der Waals surface area (Å²) in [5, 5.41) is 9.71. The van der Waals surface area contributed by atoms with Crippen molar-refractivity contribution in [2.45, 2.75) is 25.8 Å². The molecule has 30 heavy (non-hydrogen) atoms. The number of H-pyrrole nitrogens is 1. The van der Waals surface area contributed by atoms with Crippen molar-refractivity contribution in [1.29, 1.82) is 0 Å². The Morgan fingerprint density at radius 3 is 2.50 bits per heavy atom. The SMILES string of the molecule is CC(C(=O)Nc1ccc(F)cc1F)N(C)CCCc1cc(-c2ccc(F)cc2)n[nH]1. The fourth-order valence-electron chi connectivity index (χ4n) is 3.00. The Morgan fingerprint density at radius 1 is 1.10 bits per heavy atom. The van der Waals surface area contributed by atoms with Crippen LogP contribution in [0.25, 0.3) is 11.3 Å². The number of halogens is 3. The average Bonchev–Trinajstić information content (AvgIpc) is 3.18. The van der Waals surface area contributed by atoms with Crippen LogP contribution in [0, 0.1) is 17.5 Å². The summed E-state index contributed by atoms with van der Waals surface area (Å²) in [5.41, 5.74) is 2.46. The van der Waals surface area contributed by atoms with E-state index in [4.69, 9.17) is 0 Å². The number of nitrogens with zero attached hydrogens (tertiary/aromatic N) is 2. The zero-order valence-electron chi connectivity index (χ0n) is 16.8. The second-order valence-corrected chi connectivity index (χ2v) is 7.16. The number of carbonyl (C=O) groups is 1. The van der Waals surface area contributed by atoms with Crippen LogP contribution in [0.15, 0.2) is 48.5 Å². The quantitative estimate of drug-likeness (QED) is 0.573. The van der Waals surface area contributed by atoms with Crippen LogP contribution in [0.4, 0.5) is 18.9 Å². The number of aryl methyl sites for hydroxylation is 1. The average molecular weight is 416 g/mol. The predicted molar refractivity (Wildman–Crippen MR) is 109 cm³/mol. The number of nitrogens with one attached hydrogen (secondary N) is 2. The van der Waals surface area contributed by atoms with E-state index in [1.807, 2.05) is 18.0 Å². The molecule has 1 heterocycles. The van der Waals surface area contributed by atoms with E-state index in [0.717, 1.165) is 41.9 Å². The first-order valence-electron chi connectivity index (χ1n) is 9.60. The van der Waals surface area contributed by atoms with Crippen molar-refractivity contribution in [2.75, 3.05) is 18.9 Å². The summed E-state index contributed by atoms with van der Waals surface area (Å²) < 4.78 is 39.7. The molecule has 3 aromatic rings. The van der Waals surface area contributed by atoms with Gasteiger partial charge in [-0.3, -0.25) is 14.8 Å². The number of carbonyl (C=O) groups excluding carboxylic acids is 1. The Balaban J connectivity index is 1.48. The zero-order chi connectivity index (χ0) is 21.7. The number of likely N-dealkylation sites (N-methyl/N-ethyl adjacent to an activating group) is 1. The van der Waals surface area contributed by atoms with Crippen molar-refractivity contribution in [3.63, 3.8) is 0 Å². The number of aromatic nitrogens is 2. The van der Waals surface area contributed by atoms with Gasteiger partial charge in [0.15, 0.2) is 0 Å². The molecule has 5 nitrogen and oxygen atoms in total. The first kappa shape index (κ1) is 21.6. The molecule has 2 N–H and O–H groups in total. The monoisotopic (exact) mass is 416 g/mol. The third-order valence-corrected chi connectivity index (χ3v) is 4.96. The van der Waals surface area contributed by atoms with Crippen LogP contribution in [0.5, 0.6) is 0 Å². The van der Waals surface area contributed by atoms with E-state index < -0.39 is 17.7 Å². The minimum Gasteiger partial charge on any atom is -0.322 e. The van der Waals surface area contributed by atoms with Crippen LogP contribution >= 0.6 is 0 Å². The molecule has 1 aromatic heterocycles. The lowest BCUT2D eigenvalue weighted by atomic mass is 10.1. The van der Waals surface area contributed by atoms with Crippen LogP contribution in [0.3, 0.4) is 0 Å². The van der Waals surface area contributed by atoms with Gasteiger partial charge in [0.05, 0.1) is 17.4 Å². The van der Waals surface area contributed by atoms with Crippen molar-refractivity contribution in [2.24, 2.45) is 0 Å². The fraction of sp³-hybridized carbons (Fsp3) is 0.273. The molecule has 2 aromatic carbocycles. The first-order valence-corrected chi connectivity index (χ1v) is 9.60. The lowest BCUT2D eigenvalue weighted by Crippen LogP contribution is -2.40. The molecule has 0 fully saturated rings. The van der Waals surface area contributed by atoms with Crippen LogP contribution < -0.4 is 5.32 Å². The summed E-state index contributed by atoms with van der Waals surface area (Å²) in [6.07, 6.45) is 1.49. The van der Waals surface area contributed by atoms with E-state index in [2.05, 4.69) is 15.5 Å². The van der Waals surface area contributed by atoms with Crippen molar-refractivity contribution >= 4 is 11.6 Å². The highest BCUT2D eigenvalue weighted by atomic mass is 19.1. The Bertz CT molecular complexity index is 1000. The molecule has 158 valence electrons. The highest BCUT2D eigenvalue weighted by Crippen LogP contribution is 2.19. The Kier molecular flexibility index (Phi) is 6.89. The van der Waals surface area contributed by atoms with E-state index in [-0.39, 0.29) is 17.4 Å². The van der Waals surface area contributed by atoms with Crippen molar-refractivity contribution in [3.8, 4) is 11.3 Å². The fourth-order valence-corrected chi connectivity index (χ4v) is 3.00. The van der Waals surface area contributed by atoms with E-state index >= 15 is 0 Å². The van der Waals surface area contributed by atoms with Gasteiger partial charge in [-0.25, -0.2) is 13.2 Å².